The molecule has 0 aliphatic rings. The number of aromatic nitrogens is 3. The minimum Gasteiger partial charge on any atom is -0.455 e. The normalized spacial score (nSPS) is 11.5. The number of hydrogen-bond donors (Lipinski definition) is 0. The van der Waals surface area contributed by atoms with Crippen molar-refractivity contribution in [2.24, 2.45) is 0 Å². The molecule has 2 aromatic heterocycles. The maximum Gasteiger partial charge on any atom is 0.167 e. The van der Waals surface area contributed by atoms with Crippen molar-refractivity contribution in [3.05, 3.63) is 176 Å². The van der Waals surface area contributed by atoms with E-state index in [1.54, 1.807) is 0 Å². The van der Waals surface area contributed by atoms with Gasteiger partial charge in [0, 0.05) is 21.9 Å². The van der Waals surface area contributed by atoms with Crippen LogP contribution in [0.3, 0.4) is 0 Å². The summed E-state index contributed by atoms with van der Waals surface area (Å²) in [7, 11) is 0. The first-order chi connectivity index (χ1) is 25.2. The highest BCUT2D eigenvalue weighted by molar-refractivity contribution is 6.14. The van der Waals surface area contributed by atoms with E-state index >= 15 is 0 Å². The molecule has 0 aliphatic carbocycles. The van der Waals surface area contributed by atoms with E-state index in [0.717, 1.165) is 60.5 Å². The van der Waals surface area contributed by atoms with Crippen LogP contribution in [0.25, 0.3) is 99.9 Å². The second-order valence-corrected chi connectivity index (χ2v) is 12.8. The zero-order valence-electron chi connectivity index (χ0n) is 27.5. The maximum atomic E-state index is 6.75. The van der Waals surface area contributed by atoms with Gasteiger partial charge in [0.05, 0.1) is 5.56 Å². The van der Waals surface area contributed by atoms with E-state index in [2.05, 4.69) is 115 Å². The molecule has 51 heavy (non-hydrogen) atoms. The SMILES string of the molecule is c1ccc(-c2nc(-c3ccccc3)nc(-c3cc(-c4ccc(-c5cccc6ccccc56)cc4)cc4c3oc3cc5ccccc5cc34)n2)cc1. The number of nitrogens with zero attached hydrogens (tertiary/aromatic N) is 3. The molecule has 0 amide bonds. The molecule has 0 spiro atoms. The van der Waals surface area contributed by atoms with Crippen molar-refractivity contribution < 1.29 is 4.42 Å². The minimum absolute atomic E-state index is 0.561. The summed E-state index contributed by atoms with van der Waals surface area (Å²) in [4.78, 5) is 15.2. The van der Waals surface area contributed by atoms with Gasteiger partial charge in [0.25, 0.3) is 0 Å². The average Bonchev–Trinajstić information content (AvgIpc) is 3.57. The van der Waals surface area contributed by atoms with Crippen LogP contribution in [0.1, 0.15) is 0 Å². The van der Waals surface area contributed by atoms with Crippen molar-refractivity contribution in [1.82, 2.24) is 15.0 Å². The number of fused-ring (bicyclic) bond motifs is 5. The topological polar surface area (TPSA) is 51.8 Å². The van der Waals surface area contributed by atoms with Crippen molar-refractivity contribution in [3.63, 3.8) is 0 Å². The molecule has 0 saturated heterocycles. The Labute approximate surface area is 294 Å². The van der Waals surface area contributed by atoms with Crippen LogP contribution in [0.15, 0.2) is 180 Å². The van der Waals surface area contributed by atoms with E-state index in [9.17, 15) is 0 Å². The van der Waals surface area contributed by atoms with Gasteiger partial charge in [0.15, 0.2) is 17.5 Å². The Morgan fingerprint density at radius 2 is 0.882 bits per heavy atom. The molecule has 0 aliphatic heterocycles. The third-order valence-corrected chi connectivity index (χ3v) is 9.70. The molecule has 238 valence electrons. The van der Waals surface area contributed by atoms with Gasteiger partial charge in [-0.1, -0.05) is 152 Å². The maximum absolute atomic E-state index is 6.75. The third-order valence-electron chi connectivity index (χ3n) is 9.70. The molecule has 0 fully saturated rings. The van der Waals surface area contributed by atoms with Gasteiger partial charge in [-0.3, -0.25) is 0 Å². The molecule has 2 heterocycles. The Balaban J connectivity index is 1.21. The van der Waals surface area contributed by atoms with Crippen molar-refractivity contribution >= 4 is 43.5 Å². The summed E-state index contributed by atoms with van der Waals surface area (Å²) < 4.78 is 6.75. The van der Waals surface area contributed by atoms with Crippen molar-refractivity contribution in [1.29, 1.82) is 0 Å². The molecule has 10 rings (SSSR count). The Hall–Kier alpha value is -6.91. The highest BCUT2D eigenvalue weighted by Gasteiger charge is 2.20. The lowest BCUT2D eigenvalue weighted by atomic mass is 9.94. The van der Waals surface area contributed by atoms with E-state index in [1.807, 2.05) is 60.7 Å². The van der Waals surface area contributed by atoms with Gasteiger partial charge in [0.1, 0.15) is 11.2 Å². The van der Waals surface area contributed by atoms with Crippen LogP contribution in [0.2, 0.25) is 0 Å². The Morgan fingerprint density at radius 1 is 0.314 bits per heavy atom. The van der Waals surface area contributed by atoms with E-state index in [1.165, 1.54) is 21.9 Å². The molecule has 0 atom stereocenters. The molecule has 0 radical (unpaired) electrons. The fraction of sp³-hybridized carbons (Fsp3) is 0. The largest absolute Gasteiger partial charge is 0.455 e. The second-order valence-electron chi connectivity index (χ2n) is 12.8. The first-order valence-electron chi connectivity index (χ1n) is 17.1. The molecule has 8 aromatic carbocycles. The van der Waals surface area contributed by atoms with Gasteiger partial charge in [-0.05, 0) is 68.1 Å². The van der Waals surface area contributed by atoms with Crippen molar-refractivity contribution in [2.75, 3.05) is 0 Å². The standard InChI is InChI=1S/C47H29N3O/c1-3-13-33(14-4-1)45-48-46(34-15-5-2-6-16-34)50-47(49-45)42-28-37(27-41-40-26-35-17-7-8-18-36(35)29-43(40)51-44(41)42)30-22-24-32(25-23-30)39-21-11-19-31-12-9-10-20-38(31)39/h1-29H. The molecule has 4 heteroatoms. The van der Waals surface area contributed by atoms with E-state index in [0.29, 0.717) is 17.5 Å². The number of benzene rings is 8. The summed E-state index contributed by atoms with van der Waals surface area (Å²) in [6, 6.07) is 61.2. The van der Waals surface area contributed by atoms with Crippen LogP contribution in [0, 0.1) is 0 Å². The van der Waals surface area contributed by atoms with Gasteiger partial charge in [-0.15, -0.1) is 0 Å². The predicted molar refractivity (Wildman–Crippen MR) is 209 cm³/mol. The molecule has 0 unspecified atom stereocenters. The van der Waals surface area contributed by atoms with E-state index < -0.39 is 0 Å². The first kappa shape index (κ1) is 29.0. The molecule has 0 N–H and O–H groups in total. The van der Waals surface area contributed by atoms with Gasteiger partial charge in [-0.25, -0.2) is 15.0 Å². The fourth-order valence-corrected chi connectivity index (χ4v) is 7.14. The summed E-state index contributed by atoms with van der Waals surface area (Å²) in [6.45, 7) is 0. The van der Waals surface area contributed by atoms with Gasteiger partial charge in [-0.2, -0.15) is 0 Å². The van der Waals surface area contributed by atoms with Gasteiger partial charge < -0.3 is 4.42 Å². The fourth-order valence-electron chi connectivity index (χ4n) is 7.14. The lowest BCUT2D eigenvalue weighted by Crippen LogP contribution is -2.00. The van der Waals surface area contributed by atoms with Crippen LogP contribution in [-0.2, 0) is 0 Å². The molecule has 0 saturated carbocycles. The Morgan fingerprint density at radius 3 is 1.59 bits per heavy atom. The minimum atomic E-state index is 0.561. The number of furan rings is 1. The van der Waals surface area contributed by atoms with Gasteiger partial charge >= 0.3 is 0 Å². The van der Waals surface area contributed by atoms with Crippen LogP contribution < -0.4 is 0 Å². The van der Waals surface area contributed by atoms with Crippen LogP contribution >= 0.6 is 0 Å². The zero-order valence-corrected chi connectivity index (χ0v) is 27.5. The molecule has 10 aromatic rings. The van der Waals surface area contributed by atoms with Gasteiger partial charge in [0.2, 0.25) is 0 Å². The van der Waals surface area contributed by atoms with E-state index in [4.69, 9.17) is 19.4 Å². The van der Waals surface area contributed by atoms with Crippen molar-refractivity contribution in [3.8, 4) is 56.4 Å². The molecular formula is C47H29N3O. The zero-order chi connectivity index (χ0) is 33.7. The number of rotatable bonds is 5. The second kappa shape index (κ2) is 11.9. The first-order valence-corrected chi connectivity index (χ1v) is 17.1. The summed E-state index contributed by atoms with van der Waals surface area (Å²) in [5.74, 6) is 1.78. The van der Waals surface area contributed by atoms with Crippen LogP contribution in [0.4, 0.5) is 0 Å². The summed E-state index contributed by atoms with van der Waals surface area (Å²) in [5.41, 5.74) is 8.78. The lowest BCUT2D eigenvalue weighted by molar-refractivity contribution is 0.670. The monoisotopic (exact) mass is 651 g/mol. The van der Waals surface area contributed by atoms with Crippen LogP contribution in [0.5, 0.6) is 0 Å². The van der Waals surface area contributed by atoms with Crippen molar-refractivity contribution in [2.45, 2.75) is 0 Å². The predicted octanol–water partition coefficient (Wildman–Crippen LogP) is 12.4. The smallest absolute Gasteiger partial charge is 0.167 e. The average molecular weight is 652 g/mol. The summed E-state index contributed by atoms with van der Waals surface area (Å²) in [6.07, 6.45) is 0. The van der Waals surface area contributed by atoms with Crippen LogP contribution in [-0.4, -0.2) is 15.0 Å². The summed E-state index contributed by atoms with van der Waals surface area (Å²) in [5, 5.41) is 6.84. The van der Waals surface area contributed by atoms with E-state index in [-0.39, 0.29) is 0 Å². The number of hydrogen-bond acceptors (Lipinski definition) is 4. The third kappa shape index (κ3) is 5.13. The lowest BCUT2D eigenvalue weighted by Gasteiger charge is -2.11. The Bertz CT molecular complexity index is 2830. The highest BCUT2D eigenvalue weighted by Crippen LogP contribution is 2.41. The molecule has 0 bridgehead atoms. The molecule has 4 nitrogen and oxygen atoms in total. The molecular weight excluding hydrogens is 623 g/mol. The summed E-state index contributed by atoms with van der Waals surface area (Å²) >= 11 is 0. The highest BCUT2D eigenvalue weighted by atomic mass is 16.3. The Kier molecular flexibility index (Phi) is 6.78. The quantitative estimate of drug-likeness (QED) is 0.186.